The van der Waals surface area contributed by atoms with Crippen LogP contribution in [-0.4, -0.2) is 35.0 Å². The van der Waals surface area contributed by atoms with Crippen molar-refractivity contribution in [3.05, 3.63) is 35.3 Å². The van der Waals surface area contributed by atoms with Crippen molar-refractivity contribution in [3.63, 3.8) is 0 Å². The van der Waals surface area contributed by atoms with E-state index in [1.807, 2.05) is 48.3 Å². The number of aromatic nitrogens is 1. The molecule has 1 aliphatic rings. The van der Waals surface area contributed by atoms with E-state index in [1.165, 1.54) is 0 Å². The molecule has 1 aromatic heterocycles. The predicted molar refractivity (Wildman–Crippen MR) is 106 cm³/mol. The molecule has 0 bridgehead atoms. The topological polar surface area (TPSA) is 66.0 Å². The molecule has 0 radical (unpaired) electrons. The van der Waals surface area contributed by atoms with Gasteiger partial charge in [-0.15, -0.1) is 23.7 Å². The number of rotatable bonds is 5. The second-order valence-corrected chi connectivity index (χ2v) is 7.48. The molecule has 1 aromatic carbocycles. The molecule has 130 valence electrons. The zero-order valence-corrected chi connectivity index (χ0v) is 15.8. The molecule has 1 saturated heterocycles. The van der Waals surface area contributed by atoms with Gasteiger partial charge in [-0.3, -0.25) is 4.79 Å². The Morgan fingerprint density at radius 2 is 2.08 bits per heavy atom. The van der Waals surface area contributed by atoms with E-state index >= 15 is 0 Å². The van der Waals surface area contributed by atoms with E-state index in [-0.39, 0.29) is 24.4 Å². The minimum Gasteiger partial charge on any atom is -0.332 e. The van der Waals surface area contributed by atoms with Gasteiger partial charge in [-0.05, 0) is 31.2 Å². The Morgan fingerprint density at radius 3 is 2.71 bits per heavy atom. The van der Waals surface area contributed by atoms with Crippen LogP contribution in [0.5, 0.6) is 0 Å². The summed E-state index contributed by atoms with van der Waals surface area (Å²) in [5.74, 6) is 2.19. The average Bonchev–Trinajstić information content (AvgIpc) is 2.95. The van der Waals surface area contributed by atoms with Crippen molar-refractivity contribution >= 4 is 57.9 Å². The molecule has 2 aromatic rings. The molecular formula is C16H21ClN4OS2. The summed E-state index contributed by atoms with van der Waals surface area (Å²) in [7, 11) is 0. The summed E-state index contributed by atoms with van der Waals surface area (Å²) >= 11 is 3.48. The summed E-state index contributed by atoms with van der Waals surface area (Å²) < 4.78 is 0. The van der Waals surface area contributed by atoms with Gasteiger partial charge in [-0.2, -0.15) is 11.8 Å². The van der Waals surface area contributed by atoms with E-state index in [1.54, 1.807) is 11.3 Å². The molecule has 0 saturated carbocycles. The number of thioether (sulfide) groups is 1. The molecule has 24 heavy (non-hydrogen) atoms. The molecule has 0 spiro atoms. The number of carbonyl (C=O) groups excluding carboxylic acids is 1. The van der Waals surface area contributed by atoms with Crippen molar-refractivity contribution in [2.24, 2.45) is 0 Å². The largest absolute Gasteiger partial charge is 0.332 e. The summed E-state index contributed by atoms with van der Waals surface area (Å²) in [5, 5.41) is 12.5. The average molecular weight is 385 g/mol. The summed E-state index contributed by atoms with van der Waals surface area (Å²) in [6, 6.07) is 7.98. The standard InChI is InChI=1S/C16H20N4OS2.ClH/c1-11-9-23-16(18-11)20-13-4-2-12(3-5-13)19-15(21)8-14-10-22-7-6-17-14;/h2-5,9,14,17H,6-8,10H2,1H3,(H,18,20)(H,19,21);1H. The van der Waals surface area contributed by atoms with Crippen molar-refractivity contribution in [1.29, 1.82) is 0 Å². The molecular weight excluding hydrogens is 364 g/mol. The summed E-state index contributed by atoms with van der Waals surface area (Å²) in [6.07, 6.45) is 0.519. The monoisotopic (exact) mass is 384 g/mol. The number of hydrogen-bond donors (Lipinski definition) is 3. The maximum Gasteiger partial charge on any atom is 0.225 e. The Hall–Kier alpha value is -1.28. The van der Waals surface area contributed by atoms with E-state index in [0.717, 1.165) is 40.3 Å². The van der Waals surface area contributed by atoms with Crippen LogP contribution in [0.3, 0.4) is 0 Å². The molecule has 1 amide bonds. The number of hydrogen-bond acceptors (Lipinski definition) is 6. The van der Waals surface area contributed by atoms with Gasteiger partial charge in [0.25, 0.3) is 0 Å². The van der Waals surface area contributed by atoms with Gasteiger partial charge in [0.05, 0.1) is 5.69 Å². The van der Waals surface area contributed by atoms with Crippen LogP contribution in [0.15, 0.2) is 29.6 Å². The van der Waals surface area contributed by atoms with Crippen LogP contribution in [0.1, 0.15) is 12.1 Å². The van der Waals surface area contributed by atoms with Gasteiger partial charge in [0.15, 0.2) is 5.13 Å². The second-order valence-electron chi connectivity index (χ2n) is 5.47. The van der Waals surface area contributed by atoms with Gasteiger partial charge in [0.2, 0.25) is 5.91 Å². The Labute approximate surface area is 156 Å². The Morgan fingerprint density at radius 1 is 1.33 bits per heavy atom. The normalized spacial score (nSPS) is 17.0. The lowest BCUT2D eigenvalue weighted by molar-refractivity contribution is -0.116. The lowest BCUT2D eigenvalue weighted by Gasteiger charge is -2.22. The van der Waals surface area contributed by atoms with Gasteiger partial charge in [-0.25, -0.2) is 4.98 Å². The maximum absolute atomic E-state index is 12.1. The highest BCUT2D eigenvalue weighted by atomic mass is 35.5. The fraction of sp³-hybridized carbons (Fsp3) is 0.375. The molecule has 3 rings (SSSR count). The van der Waals surface area contributed by atoms with Crippen molar-refractivity contribution in [1.82, 2.24) is 10.3 Å². The molecule has 2 heterocycles. The van der Waals surface area contributed by atoms with Crippen LogP contribution < -0.4 is 16.0 Å². The van der Waals surface area contributed by atoms with Crippen molar-refractivity contribution < 1.29 is 4.79 Å². The summed E-state index contributed by atoms with van der Waals surface area (Å²) in [5.41, 5.74) is 2.79. The number of nitrogens with one attached hydrogen (secondary N) is 3. The first-order chi connectivity index (χ1) is 11.2. The minimum absolute atomic E-state index is 0. The molecule has 1 aliphatic heterocycles. The fourth-order valence-corrected chi connectivity index (χ4v) is 4.02. The number of aryl methyl sites for hydroxylation is 1. The van der Waals surface area contributed by atoms with Crippen molar-refractivity contribution in [3.8, 4) is 0 Å². The number of anilines is 3. The molecule has 3 N–H and O–H groups in total. The van der Waals surface area contributed by atoms with Crippen LogP contribution >= 0.6 is 35.5 Å². The van der Waals surface area contributed by atoms with Crippen molar-refractivity contribution in [2.45, 2.75) is 19.4 Å². The lowest BCUT2D eigenvalue weighted by Crippen LogP contribution is -2.39. The third-order valence-electron chi connectivity index (χ3n) is 3.47. The molecule has 1 fully saturated rings. The number of amides is 1. The van der Waals surface area contributed by atoms with Gasteiger partial charge >= 0.3 is 0 Å². The van der Waals surface area contributed by atoms with E-state index in [9.17, 15) is 4.79 Å². The third kappa shape index (κ3) is 5.66. The fourth-order valence-electron chi connectivity index (χ4n) is 2.36. The first-order valence-electron chi connectivity index (χ1n) is 7.59. The summed E-state index contributed by atoms with van der Waals surface area (Å²) in [4.78, 5) is 16.4. The zero-order valence-electron chi connectivity index (χ0n) is 13.4. The van der Waals surface area contributed by atoms with Crippen LogP contribution in [0.2, 0.25) is 0 Å². The molecule has 1 atom stereocenters. The van der Waals surface area contributed by atoms with Gasteiger partial charge in [0.1, 0.15) is 0 Å². The molecule has 1 unspecified atom stereocenters. The van der Waals surface area contributed by atoms with Crippen LogP contribution in [0.25, 0.3) is 0 Å². The van der Waals surface area contributed by atoms with Gasteiger partial charge < -0.3 is 16.0 Å². The predicted octanol–water partition coefficient (Wildman–Crippen LogP) is 3.65. The third-order valence-corrected chi connectivity index (χ3v) is 5.48. The smallest absolute Gasteiger partial charge is 0.225 e. The highest BCUT2D eigenvalue weighted by Gasteiger charge is 2.16. The first kappa shape index (κ1) is 19.1. The van der Waals surface area contributed by atoms with Crippen LogP contribution in [0, 0.1) is 6.92 Å². The van der Waals surface area contributed by atoms with Crippen LogP contribution in [-0.2, 0) is 4.79 Å². The first-order valence-corrected chi connectivity index (χ1v) is 9.63. The molecule has 0 aliphatic carbocycles. The Kier molecular flexibility index (Phi) is 7.36. The quantitative estimate of drug-likeness (QED) is 0.734. The number of thiazole rings is 1. The maximum atomic E-state index is 12.1. The highest BCUT2D eigenvalue weighted by Crippen LogP contribution is 2.22. The molecule has 8 heteroatoms. The van der Waals surface area contributed by atoms with E-state index in [4.69, 9.17) is 0 Å². The number of nitrogens with zero attached hydrogens (tertiary/aromatic N) is 1. The van der Waals surface area contributed by atoms with Gasteiger partial charge in [0, 0.05) is 47.3 Å². The van der Waals surface area contributed by atoms with E-state index < -0.39 is 0 Å². The summed E-state index contributed by atoms with van der Waals surface area (Å²) in [6.45, 7) is 2.96. The van der Waals surface area contributed by atoms with Gasteiger partial charge in [-0.1, -0.05) is 0 Å². The Bertz CT molecular complexity index is 656. The second kappa shape index (κ2) is 9.27. The minimum atomic E-state index is 0. The number of halogens is 1. The number of benzene rings is 1. The van der Waals surface area contributed by atoms with E-state index in [2.05, 4.69) is 20.9 Å². The Balaban J connectivity index is 0.00000208. The van der Waals surface area contributed by atoms with Crippen molar-refractivity contribution in [2.75, 3.05) is 28.7 Å². The lowest BCUT2D eigenvalue weighted by atomic mass is 10.2. The van der Waals surface area contributed by atoms with Crippen LogP contribution in [0.4, 0.5) is 16.5 Å². The van der Waals surface area contributed by atoms with E-state index in [0.29, 0.717) is 6.42 Å². The SMILES string of the molecule is Cc1csc(Nc2ccc(NC(=O)CC3CSCCN3)cc2)n1.Cl. The molecule has 5 nitrogen and oxygen atoms in total. The number of carbonyl (C=O) groups is 1. The highest BCUT2D eigenvalue weighted by molar-refractivity contribution is 7.99. The zero-order chi connectivity index (χ0) is 16.1.